The summed E-state index contributed by atoms with van der Waals surface area (Å²) in [4.78, 5) is 9.02. The summed E-state index contributed by atoms with van der Waals surface area (Å²) in [5, 5.41) is 16.0. The molecule has 194 valence electrons. The van der Waals surface area contributed by atoms with E-state index in [2.05, 4.69) is 30.6 Å². The van der Waals surface area contributed by atoms with E-state index < -0.39 is 6.43 Å². The topological polar surface area (TPSA) is 131 Å². The molecule has 3 N–H and O–H groups in total. The largest absolute Gasteiger partial charge is 0.494 e. The Labute approximate surface area is 215 Å². The molecule has 0 saturated heterocycles. The number of alkyl halides is 2. The number of imidazole rings is 1. The molecule has 0 radical (unpaired) electrons. The Kier molecular flexibility index (Phi) is 5.83. The van der Waals surface area contributed by atoms with Gasteiger partial charge in [0.1, 0.15) is 23.7 Å². The summed E-state index contributed by atoms with van der Waals surface area (Å²) in [6, 6.07) is 9.95. The normalized spacial score (nSPS) is 13.2. The fourth-order valence-corrected chi connectivity index (χ4v) is 4.46. The van der Waals surface area contributed by atoms with Gasteiger partial charge in [0, 0.05) is 29.8 Å². The van der Waals surface area contributed by atoms with Gasteiger partial charge in [-0.25, -0.2) is 23.4 Å². The van der Waals surface area contributed by atoms with E-state index in [4.69, 9.17) is 15.2 Å². The standard InChI is InChI=1S/C25H23F2N9O2/c1-13-7-21(28)34-36(13)25-15(24(26)27)3-4-23(31-25)35-12-29-17-9-18(20(37-2)10-19(17)35)30-22-8-14-11-38-6-5-16(14)32-33-22/h3-4,7-10,12,24H,5-6,11H2,1-2H3,(H2,28,34)(H,30,33). The Morgan fingerprint density at radius 3 is 2.79 bits per heavy atom. The summed E-state index contributed by atoms with van der Waals surface area (Å²) in [6.07, 6.45) is -0.443. The number of nitrogen functional groups attached to an aromatic ring is 1. The lowest BCUT2D eigenvalue weighted by Gasteiger charge is -2.16. The number of benzene rings is 1. The van der Waals surface area contributed by atoms with Crippen LogP contribution in [0.1, 0.15) is 28.9 Å². The Balaban J connectivity index is 1.40. The van der Waals surface area contributed by atoms with E-state index in [1.165, 1.54) is 16.8 Å². The van der Waals surface area contributed by atoms with Crippen LogP contribution in [0.2, 0.25) is 0 Å². The van der Waals surface area contributed by atoms with Gasteiger partial charge < -0.3 is 20.5 Å². The summed E-state index contributed by atoms with van der Waals surface area (Å²) in [5.41, 5.74) is 9.96. The maximum absolute atomic E-state index is 13.8. The van der Waals surface area contributed by atoms with Crippen LogP contribution < -0.4 is 15.8 Å². The van der Waals surface area contributed by atoms with Gasteiger partial charge in [0.25, 0.3) is 6.43 Å². The van der Waals surface area contributed by atoms with Gasteiger partial charge in [-0.05, 0) is 31.2 Å². The predicted molar refractivity (Wildman–Crippen MR) is 135 cm³/mol. The number of nitrogens with one attached hydrogen (secondary N) is 1. The van der Waals surface area contributed by atoms with Crippen molar-refractivity contribution in [3.05, 3.63) is 65.2 Å². The molecule has 1 aromatic carbocycles. The molecule has 0 bridgehead atoms. The number of nitrogens with two attached hydrogens (primary N) is 1. The number of anilines is 3. The van der Waals surface area contributed by atoms with Crippen LogP contribution >= 0.6 is 0 Å². The van der Waals surface area contributed by atoms with Crippen molar-refractivity contribution in [1.82, 2.24) is 34.5 Å². The van der Waals surface area contributed by atoms with Gasteiger partial charge in [-0.1, -0.05) is 0 Å². The molecule has 0 saturated carbocycles. The van der Waals surface area contributed by atoms with Crippen molar-refractivity contribution >= 4 is 28.4 Å². The number of nitrogens with zero attached hydrogens (tertiary/aromatic N) is 7. The van der Waals surface area contributed by atoms with Gasteiger partial charge in [-0.15, -0.1) is 10.2 Å². The number of ether oxygens (including phenoxy) is 2. The van der Waals surface area contributed by atoms with Crippen LogP contribution in [0.15, 0.2) is 42.7 Å². The first-order valence-electron chi connectivity index (χ1n) is 11.8. The molecule has 4 aromatic heterocycles. The van der Waals surface area contributed by atoms with Crippen LogP contribution in [0, 0.1) is 6.92 Å². The zero-order valence-electron chi connectivity index (χ0n) is 20.5. The first-order valence-corrected chi connectivity index (χ1v) is 11.8. The molecule has 1 aliphatic rings. The molecule has 38 heavy (non-hydrogen) atoms. The number of aryl methyl sites for hydroxylation is 1. The van der Waals surface area contributed by atoms with Crippen molar-refractivity contribution in [2.24, 2.45) is 0 Å². The zero-order chi connectivity index (χ0) is 26.4. The van der Waals surface area contributed by atoms with E-state index in [-0.39, 0.29) is 17.2 Å². The molecule has 0 atom stereocenters. The molecular weight excluding hydrogens is 496 g/mol. The summed E-state index contributed by atoms with van der Waals surface area (Å²) in [7, 11) is 1.55. The summed E-state index contributed by atoms with van der Waals surface area (Å²) >= 11 is 0. The molecule has 13 heteroatoms. The highest BCUT2D eigenvalue weighted by Crippen LogP contribution is 2.34. The first kappa shape index (κ1) is 23.7. The predicted octanol–water partition coefficient (Wildman–Crippen LogP) is 4.05. The van der Waals surface area contributed by atoms with E-state index in [0.29, 0.717) is 53.0 Å². The van der Waals surface area contributed by atoms with E-state index in [9.17, 15) is 8.78 Å². The zero-order valence-corrected chi connectivity index (χ0v) is 20.5. The van der Waals surface area contributed by atoms with E-state index in [1.807, 2.05) is 12.1 Å². The van der Waals surface area contributed by atoms with E-state index in [0.717, 1.165) is 17.7 Å². The highest BCUT2D eigenvalue weighted by molar-refractivity contribution is 5.86. The third-order valence-corrected chi connectivity index (χ3v) is 6.31. The van der Waals surface area contributed by atoms with Crippen LogP contribution in [0.5, 0.6) is 5.75 Å². The fraction of sp³-hybridized carbons (Fsp3) is 0.240. The Bertz CT molecular complexity index is 1660. The third kappa shape index (κ3) is 4.16. The number of hydrogen-bond donors (Lipinski definition) is 2. The maximum atomic E-state index is 13.8. The van der Waals surface area contributed by atoms with Crippen molar-refractivity contribution in [3.8, 4) is 17.4 Å². The molecule has 0 aliphatic carbocycles. The minimum atomic E-state index is -2.75. The lowest BCUT2D eigenvalue weighted by molar-refractivity contribution is 0.109. The quantitative estimate of drug-likeness (QED) is 0.341. The van der Waals surface area contributed by atoms with Crippen molar-refractivity contribution < 1.29 is 18.3 Å². The lowest BCUT2D eigenvalue weighted by Crippen LogP contribution is -2.13. The van der Waals surface area contributed by atoms with Gasteiger partial charge in [0.15, 0.2) is 11.6 Å². The number of pyridine rings is 1. The number of hydrogen-bond acceptors (Lipinski definition) is 9. The molecule has 6 rings (SSSR count). The molecule has 0 spiro atoms. The second-order valence-corrected chi connectivity index (χ2v) is 8.79. The Hall–Kier alpha value is -4.65. The number of methoxy groups -OCH3 is 1. The number of fused-ring (bicyclic) bond motifs is 2. The maximum Gasteiger partial charge on any atom is 0.267 e. The average molecular weight is 520 g/mol. The number of aromatic nitrogens is 7. The molecule has 0 fully saturated rings. The van der Waals surface area contributed by atoms with Gasteiger partial charge in [-0.3, -0.25) is 4.57 Å². The summed E-state index contributed by atoms with van der Waals surface area (Å²) in [5.74, 6) is 1.66. The van der Waals surface area contributed by atoms with Gasteiger partial charge in [0.2, 0.25) is 0 Å². The van der Waals surface area contributed by atoms with Gasteiger partial charge in [0.05, 0.1) is 48.3 Å². The minimum Gasteiger partial charge on any atom is -0.494 e. The minimum absolute atomic E-state index is 0.00577. The SMILES string of the molecule is COc1cc2c(cc1Nc1cc3c(nn1)CCOC3)ncn2-c1ccc(C(F)F)c(-n2nc(N)cc2C)n1. The van der Waals surface area contributed by atoms with Crippen molar-refractivity contribution in [2.75, 3.05) is 24.8 Å². The Morgan fingerprint density at radius 2 is 2.03 bits per heavy atom. The van der Waals surface area contributed by atoms with Crippen molar-refractivity contribution in [1.29, 1.82) is 0 Å². The van der Waals surface area contributed by atoms with Crippen LogP contribution in [-0.2, 0) is 17.8 Å². The molecule has 0 amide bonds. The summed E-state index contributed by atoms with van der Waals surface area (Å²) < 4.78 is 41.8. The van der Waals surface area contributed by atoms with Gasteiger partial charge >= 0.3 is 0 Å². The molecule has 11 nitrogen and oxygen atoms in total. The second kappa shape index (κ2) is 9.34. The monoisotopic (exact) mass is 519 g/mol. The number of halogens is 2. The van der Waals surface area contributed by atoms with Crippen LogP contribution in [0.3, 0.4) is 0 Å². The molecular formula is C25H23F2N9O2. The highest BCUT2D eigenvalue weighted by Gasteiger charge is 2.21. The molecule has 5 heterocycles. The van der Waals surface area contributed by atoms with Crippen molar-refractivity contribution in [3.63, 3.8) is 0 Å². The third-order valence-electron chi connectivity index (χ3n) is 6.31. The van der Waals surface area contributed by atoms with Crippen molar-refractivity contribution in [2.45, 2.75) is 26.4 Å². The fourth-order valence-electron chi connectivity index (χ4n) is 4.46. The smallest absolute Gasteiger partial charge is 0.267 e. The molecule has 1 aliphatic heterocycles. The first-order chi connectivity index (χ1) is 18.4. The van der Waals surface area contributed by atoms with E-state index >= 15 is 0 Å². The molecule has 0 unspecified atom stereocenters. The van der Waals surface area contributed by atoms with Gasteiger partial charge in [-0.2, -0.15) is 5.10 Å². The van der Waals surface area contributed by atoms with Crippen LogP contribution in [0.4, 0.5) is 26.1 Å². The highest BCUT2D eigenvalue weighted by atomic mass is 19.3. The Morgan fingerprint density at radius 1 is 1.16 bits per heavy atom. The summed E-state index contributed by atoms with van der Waals surface area (Å²) in [6.45, 7) is 2.85. The van der Waals surface area contributed by atoms with Crippen LogP contribution in [-0.4, -0.2) is 48.2 Å². The average Bonchev–Trinajstić information content (AvgIpc) is 3.49. The lowest BCUT2D eigenvalue weighted by atomic mass is 10.1. The van der Waals surface area contributed by atoms with Crippen LogP contribution in [0.25, 0.3) is 22.7 Å². The number of rotatable bonds is 6. The molecule has 5 aromatic rings. The van der Waals surface area contributed by atoms with E-state index in [1.54, 1.807) is 37.1 Å². The second-order valence-electron chi connectivity index (χ2n) is 8.79.